The second kappa shape index (κ2) is 7.79. The number of rotatable bonds is 6. The quantitative estimate of drug-likeness (QED) is 0.669. The van der Waals surface area contributed by atoms with E-state index < -0.39 is 0 Å². The molecule has 0 unspecified atom stereocenters. The molecule has 0 saturated carbocycles. The summed E-state index contributed by atoms with van der Waals surface area (Å²) in [4.78, 5) is 4.12. The van der Waals surface area contributed by atoms with Crippen molar-refractivity contribution in [1.82, 2.24) is 20.1 Å². The van der Waals surface area contributed by atoms with E-state index >= 15 is 0 Å². The van der Waals surface area contributed by atoms with Crippen LogP contribution in [0.4, 0.5) is 0 Å². The largest absolute Gasteiger partial charge is 0.312 e. The molecule has 2 aromatic heterocycles. The third-order valence-corrected chi connectivity index (χ3v) is 4.41. The van der Waals surface area contributed by atoms with Gasteiger partial charge in [0.1, 0.15) is 5.15 Å². The molecule has 0 amide bonds. The van der Waals surface area contributed by atoms with Crippen molar-refractivity contribution < 1.29 is 0 Å². The van der Waals surface area contributed by atoms with Crippen LogP contribution in [-0.2, 0) is 13.0 Å². The highest BCUT2D eigenvalue weighted by molar-refractivity contribution is 6.31. The molecule has 0 spiro atoms. The van der Waals surface area contributed by atoms with Crippen molar-refractivity contribution in [3.8, 4) is 5.69 Å². The van der Waals surface area contributed by atoms with Crippen LogP contribution in [0.15, 0.2) is 48.8 Å². The van der Waals surface area contributed by atoms with E-state index in [1.807, 2.05) is 43.5 Å². The summed E-state index contributed by atoms with van der Waals surface area (Å²) in [6, 6.07) is 11.5. The summed E-state index contributed by atoms with van der Waals surface area (Å²) in [7, 11) is 0. The van der Waals surface area contributed by atoms with Gasteiger partial charge in [0.25, 0.3) is 0 Å². The van der Waals surface area contributed by atoms with Gasteiger partial charge in [-0.1, -0.05) is 35.3 Å². The number of aromatic nitrogens is 3. The zero-order valence-electron chi connectivity index (χ0n) is 13.3. The predicted molar refractivity (Wildman–Crippen MR) is 98.0 cm³/mol. The molecule has 1 aromatic carbocycles. The lowest BCUT2D eigenvalue weighted by atomic mass is 10.2. The van der Waals surface area contributed by atoms with Crippen molar-refractivity contribution >= 4 is 23.2 Å². The summed E-state index contributed by atoms with van der Waals surface area (Å²) >= 11 is 12.6. The maximum Gasteiger partial charge on any atom is 0.137 e. The van der Waals surface area contributed by atoms with E-state index in [4.69, 9.17) is 23.2 Å². The van der Waals surface area contributed by atoms with Gasteiger partial charge in [0.05, 0.1) is 11.4 Å². The molecular formula is C18H18Cl2N4. The van der Waals surface area contributed by atoms with Gasteiger partial charge >= 0.3 is 0 Å². The van der Waals surface area contributed by atoms with E-state index in [0.29, 0.717) is 16.7 Å². The molecule has 0 aliphatic carbocycles. The van der Waals surface area contributed by atoms with Gasteiger partial charge in [-0.25, -0.2) is 4.68 Å². The van der Waals surface area contributed by atoms with Crippen LogP contribution in [0.25, 0.3) is 5.69 Å². The predicted octanol–water partition coefficient (Wildman–Crippen LogP) is 4.21. The van der Waals surface area contributed by atoms with E-state index in [1.165, 1.54) is 5.56 Å². The monoisotopic (exact) mass is 360 g/mol. The number of pyridine rings is 1. The molecule has 0 radical (unpaired) electrons. The molecule has 3 rings (SSSR count). The molecule has 0 bridgehead atoms. The van der Waals surface area contributed by atoms with Gasteiger partial charge in [-0.05, 0) is 49.7 Å². The molecule has 124 valence electrons. The summed E-state index contributed by atoms with van der Waals surface area (Å²) in [6.45, 7) is 3.49. The topological polar surface area (TPSA) is 42.7 Å². The smallest absolute Gasteiger partial charge is 0.137 e. The Hall–Kier alpha value is -1.88. The zero-order chi connectivity index (χ0) is 16.9. The first-order chi connectivity index (χ1) is 11.6. The average Bonchev–Trinajstić information content (AvgIpc) is 2.87. The number of benzene rings is 1. The van der Waals surface area contributed by atoms with Crippen LogP contribution >= 0.6 is 23.2 Å². The highest BCUT2D eigenvalue weighted by Crippen LogP contribution is 2.24. The summed E-state index contributed by atoms with van der Waals surface area (Å²) < 4.78 is 1.72. The Kier molecular flexibility index (Phi) is 5.51. The van der Waals surface area contributed by atoms with Crippen LogP contribution in [0.2, 0.25) is 10.2 Å². The molecule has 4 nitrogen and oxygen atoms in total. The number of halogens is 2. The van der Waals surface area contributed by atoms with E-state index in [9.17, 15) is 0 Å². The Bertz CT molecular complexity index is 815. The number of nitrogens with zero attached hydrogens (tertiary/aromatic N) is 3. The van der Waals surface area contributed by atoms with E-state index in [0.717, 1.165) is 29.9 Å². The standard InChI is InChI=1S/C18H18Cl2N4/c1-13-17(12-22-9-7-14-4-3-8-21-11-14)18(20)24(23-13)16-6-2-5-15(19)10-16/h2-6,8,10-11,22H,7,9,12H2,1H3. The molecule has 0 saturated heterocycles. The third-order valence-electron chi connectivity index (χ3n) is 3.79. The van der Waals surface area contributed by atoms with Crippen molar-refractivity contribution in [3.05, 3.63) is 75.8 Å². The molecule has 0 atom stereocenters. The third kappa shape index (κ3) is 3.96. The molecule has 3 aromatic rings. The Morgan fingerprint density at radius 1 is 1.17 bits per heavy atom. The van der Waals surface area contributed by atoms with Gasteiger partial charge in [0.15, 0.2) is 0 Å². The lowest BCUT2D eigenvalue weighted by molar-refractivity contribution is 0.684. The van der Waals surface area contributed by atoms with Gasteiger partial charge in [-0.2, -0.15) is 5.10 Å². The van der Waals surface area contributed by atoms with E-state index in [-0.39, 0.29) is 0 Å². The number of hydrogen-bond acceptors (Lipinski definition) is 3. The average molecular weight is 361 g/mol. The fraction of sp³-hybridized carbons (Fsp3) is 0.222. The molecular weight excluding hydrogens is 343 g/mol. The maximum atomic E-state index is 6.52. The first-order valence-corrected chi connectivity index (χ1v) is 8.50. The minimum Gasteiger partial charge on any atom is -0.312 e. The molecule has 0 aliphatic rings. The zero-order valence-corrected chi connectivity index (χ0v) is 14.8. The summed E-state index contributed by atoms with van der Waals surface area (Å²) in [5.74, 6) is 0. The minimum atomic E-state index is 0.614. The van der Waals surface area contributed by atoms with Crippen molar-refractivity contribution in [2.45, 2.75) is 19.9 Å². The fourth-order valence-electron chi connectivity index (χ4n) is 2.50. The first-order valence-electron chi connectivity index (χ1n) is 7.74. The Balaban J connectivity index is 1.66. The molecule has 0 fully saturated rings. The second-order valence-electron chi connectivity index (χ2n) is 5.53. The second-order valence-corrected chi connectivity index (χ2v) is 6.33. The fourth-order valence-corrected chi connectivity index (χ4v) is 3.03. The summed E-state index contributed by atoms with van der Waals surface area (Å²) in [5, 5.41) is 9.23. The lowest BCUT2D eigenvalue weighted by Crippen LogP contribution is -2.17. The lowest BCUT2D eigenvalue weighted by Gasteiger charge is -2.06. The molecule has 1 N–H and O–H groups in total. The van der Waals surface area contributed by atoms with Crippen molar-refractivity contribution in [3.63, 3.8) is 0 Å². The normalized spacial score (nSPS) is 11.0. The molecule has 24 heavy (non-hydrogen) atoms. The van der Waals surface area contributed by atoms with Crippen molar-refractivity contribution in [2.24, 2.45) is 0 Å². The van der Waals surface area contributed by atoms with Gasteiger partial charge in [-0.3, -0.25) is 4.98 Å². The van der Waals surface area contributed by atoms with E-state index in [2.05, 4.69) is 21.5 Å². The SMILES string of the molecule is Cc1nn(-c2cccc(Cl)c2)c(Cl)c1CNCCc1cccnc1. The van der Waals surface area contributed by atoms with Crippen molar-refractivity contribution in [1.29, 1.82) is 0 Å². The minimum absolute atomic E-state index is 0.614. The van der Waals surface area contributed by atoms with Gasteiger partial charge in [0.2, 0.25) is 0 Å². The number of nitrogens with one attached hydrogen (secondary N) is 1. The summed E-state index contributed by atoms with van der Waals surface area (Å²) in [5.41, 5.74) is 3.98. The first kappa shape index (κ1) is 17.0. The van der Waals surface area contributed by atoms with Crippen LogP contribution in [-0.4, -0.2) is 21.3 Å². The van der Waals surface area contributed by atoms with Crippen LogP contribution < -0.4 is 5.32 Å². The van der Waals surface area contributed by atoms with Gasteiger partial charge in [-0.15, -0.1) is 0 Å². The number of aryl methyl sites for hydroxylation is 1. The van der Waals surface area contributed by atoms with Crippen molar-refractivity contribution in [2.75, 3.05) is 6.54 Å². The van der Waals surface area contributed by atoms with Crippen LogP contribution in [0, 0.1) is 6.92 Å². The number of hydrogen-bond donors (Lipinski definition) is 1. The van der Waals surface area contributed by atoms with Gasteiger partial charge < -0.3 is 5.32 Å². The van der Waals surface area contributed by atoms with Crippen LogP contribution in [0.1, 0.15) is 16.8 Å². The molecule has 6 heteroatoms. The van der Waals surface area contributed by atoms with Gasteiger partial charge in [0, 0.05) is 29.5 Å². The highest BCUT2D eigenvalue weighted by Gasteiger charge is 2.14. The maximum absolute atomic E-state index is 6.52. The summed E-state index contributed by atoms with van der Waals surface area (Å²) in [6.07, 6.45) is 4.59. The van der Waals surface area contributed by atoms with Crippen LogP contribution in [0.3, 0.4) is 0 Å². The van der Waals surface area contributed by atoms with Crippen LogP contribution in [0.5, 0.6) is 0 Å². The highest BCUT2D eigenvalue weighted by atomic mass is 35.5. The Morgan fingerprint density at radius 3 is 2.79 bits per heavy atom. The Morgan fingerprint density at radius 2 is 2.04 bits per heavy atom. The molecule has 2 heterocycles. The molecule has 0 aliphatic heterocycles. The van der Waals surface area contributed by atoms with E-state index in [1.54, 1.807) is 10.9 Å². The Labute approximate surface area is 151 Å².